The average molecular weight is 393 g/mol. The van der Waals surface area contributed by atoms with Crippen LogP contribution in [0.1, 0.15) is 26.3 Å². The second-order valence-electron chi connectivity index (χ2n) is 5.15. The lowest BCUT2D eigenvalue weighted by Crippen LogP contribution is -2.47. The fourth-order valence-corrected chi connectivity index (χ4v) is 1.87. The van der Waals surface area contributed by atoms with Crippen LogP contribution in [0.3, 0.4) is 0 Å². The van der Waals surface area contributed by atoms with Crippen molar-refractivity contribution in [2.75, 3.05) is 13.3 Å². The third kappa shape index (κ3) is 7.67. The summed E-state index contributed by atoms with van der Waals surface area (Å²) in [5.74, 6) is 0.830. The van der Waals surface area contributed by atoms with E-state index in [1.54, 1.807) is 18.8 Å². The molecule has 0 aliphatic rings. The molecule has 2 N–H and O–H groups in total. The zero-order valence-electron chi connectivity index (χ0n) is 12.3. The summed E-state index contributed by atoms with van der Waals surface area (Å²) < 4.78 is 0. The lowest BCUT2D eigenvalue weighted by molar-refractivity contribution is 0.501. The first-order valence-corrected chi connectivity index (χ1v) is 7.29. The zero-order chi connectivity index (χ0) is 13.6. The van der Waals surface area contributed by atoms with Gasteiger partial charge in [-0.1, -0.05) is 12.1 Å². The molecule has 0 atom stereocenters. The highest BCUT2D eigenvalue weighted by atomic mass is 127. The van der Waals surface area contributed by atoms with Crippen LogP contribution in [0.4, 0.5) is 0 Å². The number of nitrogens with zero attached hydrogens (tertiary/aromatic N) is 1. The predicted octanol–water partition coefficient (Wildman–Crippen LogP) is 3.49. The zero-order valence-corrected chi connectivity index (χ0v) is 15.4. The minimum atomic E-state index is 0. The van der Waals surface area contributed by atoms with Crippen LogP contribution in [0.25, 0.3) is 0 Å². The van der Waals surface area contributed by atoms with Crippen molar-refractivity contribution in [2.24, 2.45) is 4.99 Å². The summed E-state index contributed by atoms with van der Waals surface area (Å²) in [6.45, 7) is 7.14. The highest BCUT2D eigenvalue weighted by molar-refractivity contribution is 14.0. The van der Waals surface area contributed by atoms with E-state index < -0.39 is 0 Å². The highest BCUT2D eigenvalue weighted by Gasteiger charge is 2.11. The minimum Gasteiger partial charge on any atom is -0.352 e. The lowest BCUT2D eigenvalue weighted by Gasteiger charge is -2.23. The molecule has 0 unspecified atom stereocenters. The molecule has 1 aromatic carbocycles. The van der Waals surface area contributed by atoms with Crippen molar-refractivity contribution in [1.29, 1.82) is 0 Å². The van der Waals surface area contributed by atoms with E-state index in [0.717, 1.165) is 12.5 Å². The molecule has 0 saturated carbocycles. The van der Waals surface area contributed by atoms with Gasteiger partial charge in [-0.15, -0.1) is 35.7 Å². The Balaban J connectivity index is 0.00000324. The third-order valence-electron chi connectivity index (χ3n) is 2.34. The number of aliphatic imine (C=N–C) groups is 1. The summed E-state index contributed by atoms with van der Waals surface area (Å²) in [6.07, 6.45) is 2.09. The minimum absolute atomic E-state index is 0. The number of rotatable bonds is 3. The standard InChI is InChI=1S/C14H23N3S.HI/c1-14(2,3)17-13(15-4)16-10-11-6-8-12(18-5)9-7-11;/h6-9H,10H2,1-5H3,(H2,15,16,17);1H. The molecule has 0 spiro atoms. The quantitative estimate of drug-likeness (QED) is 0.357. The molecule has 1 rings (SSSR count). The van der Waals surface area contributed by atoms with E-state index in [9.17, 15) is 0 Å². The summed E-state index contributed by atoms with van der Waals surface area (Å²) >= 11 is 1.76. The number of nitrogens with one attached hydrogen (secondary N) is 2. The molecule has 1 aromatic rings. The molecule has 0 heterocycles. The van der Waals surface area contributed by atoms with E-state index in [-0.39, 0.29) is 29.5 Å². The number of hydrogen-bond donors (Lipinski definition) is 2. The van der Waals surface area contributed by atoms with Gasteiger partial charge in [0, 0.05) is 24.0 Å². The predicted molar refractivity (Wildman–Crippen MR) is 96.7 cm³/mol. The van der Waals surface area contributed by atoms with Crippen molar-refractivity contribution in [3.8, 4) is 0 Å². The second-order valence-corrected chi connectivity index (χ2v) is 6.03. The Kier molecular flexibility index (Phi) is 8.49. The molecule has 0 aliphatic heterocycles. The van der Waals surface area contributed by atoms with E-state index in [0.29, 0.717) is 0 Å². The van der Waals surface area contributed by atoms with Crippen LogP contribution in [-0.2, 0) is 6.54 Å². The van der Waals surface area contributed by atoms with Crippen LogP contribution in [-0.4, -0.2) is 24.8 Å². The number of benzene rings is 1. The Hall–Kier alpha value is -0.430. The molecule has 0 fully saturated rings. The maximum Gasteiger partial charge on any atom is 0.191 e. The summed E-state index contributed by atoms with van der Waals surface area (Å²) in [7, 11) is 1.79. The van der Waals surface area contributed by atoms with Crippen LogP contribution in [0.15, 0.2) is 34.2 Å². The summed E-state index contributed by atoms with van der Waals surface area (Å²) in [5, 5.41) is 6.65. The molecule has 0 bridgehead atoms. The van der Waals surface area contributed by atoms with Crippen molar-refractivity contribution < 1.29 is 0 Å². The van der Waals surface area contributed by atoms with Gasteiger partial charge in [-0.25, -0.2) is 0 Å². The van der Waals surface area contributed by atoms with Crippen molar-refractivity contribution >= 4 is 41.7 Å². The maximum atomic E-state index is 4.21. The van der Waals surface area contributed by atoms with Gasteiger partial charge in [0.15, 0.2) is 5.96 Å². The van der Waals surface area contributed by atoms with Crippen LogP contribution in [0.2, 0.25) is 0 Å². The average Bonchev–Trinajstić information content (AvgIpc) is 2.33. The molecule has 108 valence electrons. The molecule has 19 heavy (non-hydrogen) atoms. The molecule has 5 heteroatoms. The molecule has 0 saturated heterocycles. The third-order valence-corrected chi connectivity index (χ3v) is 3.08. The van der Waals surface area contributed by atoms with Gasteiger partial charge < -0.3 is 10.6 Å². The van der Waals surface area contributed by atoms with Gasteiger partial charge in [0.25, 0.3) is 0 Å². The topological polar surface area (TPSA) is 36.4 Å². The molecular formula is C14H24IN3S. The van der Waals surface area contributed by atoms with Gasteiger partial charge in [-0.05, 0) is 44.7 Å². The van der Waals surface area contributed by atoms with E-state index in [1.807, 2.05) is 0 Å². The SMILES string of the molecule is CN=C(NCc1ccc(SC)cc1)NC(C)(C)C.I. The normalized spacial score (nSPS) is 11.7. The van der Waals surface area contributed by atoms with Crippen LogP contribution < -0.4 is 10.6 Å². The smallest absolute Gasteiger partial charge is 0.191 e. The van der Waals surface area contributed by atoms with Crippen molar-refractivity contribution in [1.82, 2.24) is 10.6 Å². The molecule has 0 aromatic heterocycles. The van der Waals surface area contributed by atoms with E-state index in [4.69, 9.17) is 0 Å². The van der Waals surface area contributed by atoms with Gasteiger partial charge >= 0.3 is 0 Å². The summed E-state index contributed by atoms with van der Waals surface area (Å²) in [6, 6.07) is 8.57. The Bertz CT molecular complexity index is 396. The Morgan fingerprint density at radius 1 is 1.21 bits per heavy atom. The number of hydrogen-bond acceptors (Lipinski definition) is 2. The van der Waals surface area contributed by atoms with Crippen LogP contribution in [0.5, 0.6) is 0 Å². The first-order chi connectivity index (χ1) is 8.44. The van der Waals surface area contributed by atoms with Gasteiger partial charge in [-0.3, -0.25) is 4.99 Å². The first-order valence-electron chi connectivity index (χ1n) is 6.06. The van der Waals surface area contributed by atoms with Crippen molar-refractivity contribution in [3.63, 3.8) is 0 Å². The molecule has 0 amide bonds. The van der Waals surface area contributed by atoms with Crippen LogP contribution in [0, 0.1) is 0 Å². The molecular weight excluding hydrogens is 369 g/mol. The van der Waals surface area contributed by atoms with Crippen molar-refractivity contribution in [3.05, 3.63) is 29.8 Å². The fraction of sp³-hybridized carbons (Fsp3) is 0.500. The summed E-state index contributed by atoms with van der Waals surface area (Å²) in [4.78, 5) is 5.50. The van der Waals surface area contributed by atoms with E-state index in [2.05, 4.69) is 66.9 Å². The number of guanidine groups is 1. The van der Waals surface area contributed by atoms with Crippen molar-refractivity contribution in [2.45, 2.75) is 37.8 Å². The Morgan fingerprint density at radius 3 is 2.21 bits per heavy atom. The largest absolute Gasteiger partial charge is 0.352 e. The second kappa shape index (κ2) is 8.68. The van der Waals surface area contributed by atoms with Gasteiger partial charge in [0.05, 0.1) is 0 Å². The van der Waals surface area contributed by atoms with E-state index in [1.165, 1.54) is 10.5 Å². The monoisotopic (exact) mass is 393 g/mol. The molecule has 3 nitrogen and oxygen atoms in total. The van der Waals surface area contributed by atoms with Gasteiger partial charge in [-0.2, -0.15) is 0 Å². The fourth-order valence-electron chi connectivity index (χ4n) is 1.46. The Morgan fingerprint density at radius 2 is 1.79 bits per heavy atom. The maximum absolute atomic E-state index is 4.21. The number of halogens is 1. The summed E-state index contributed by atoms with van der Waals surface area (Å²) in [5.41, 5.74) is 1.27. The lowest BCUT2D eigenvalue weighted by atomic mass is 10.1. The molecule has 0 aliphatic carbocycles. The molecule has 0 radical (unpaired) electrons. The highest BCUT2D eigenvalue weighted by Crippen LogP contribution is 2.14. The Labute approximate surface area is 138 Å². The van der Waals surface area contributed by atoms with Crippen LogP contribution >= 0.6 is 35.7 Å². The van der Waals surface area contributed by atoms with E-state index >= 15 is 0 Å². The van der Waals surface area contributed by atoms with Gasteiger partial charge in [0.1, 0.15) is 0 Å². The van der Waals surface area contributed by atoms with Gasteiger partial charge in [0.2, 0.25) is 0 Å². The first kappa shape index (κ1) is 18.6. The number of thioether (sulfide) groups is 1.